The van der Waals surface area contributed by atoms with Gasteiger partial charge in [0.15, 0.2) is 10.8 Å². The average molecular weight is 503 g/mol. The van der Waals surface area contributed by atoms with E-state index in [-0.39, 0.29) is 24.8 Å². The zero-order valence-electron chi connectivity index (χ0n) is 19.2. The van der Waals surface area contributed by atoms with Gasteiger partial charge in [0.2, 0.25) is 0 Å². The molecule has 0 atom stereocenters. The monoisotopic (exact) mass is 502 g/mol. The Kier molecular flexibility index (Phi) is 6.77. The van der Waals surface area contributed by atoms with Crippen LogP contribution in [0.25, 0.3) is 11.0 Å². The number of benzene rings is 1. The maximum absolute atomic E-state index is 15.7. The number of aromatic nitrogens is 4. The van der Waals surface area contributed by atoms with Crippen LogP contribution in [-0.2, 0) is 11.3 Å². The second kappa shape index (κ2) is 9.79. The van der Waals surface area contributed by atoms with Crippen molar-refractivity contribution >= 4 is 40.3 Å². The molecule has 1 amide bonds. The van der Waals surface area contributed by atoms with E-state index in [1.807, 2.05) is 30.5 Å². The maximum atomic E-state index is 15.7. The van der Waals surface area contributed by atoms with Crippen LogP contribution in [0.1, 0.15) is 37.3 Å². The lowest BCUT2D eigenvalue weighted by Crippen LogP contribution is -2.53. The first-order valence-electron chi connectivity index (χ1n) is 11.6. The van der Waals surface area contributed by atoms with Gasteiger partial charge in [-0.15, -0.1) is 0 Å². The molecule has 2 fully saturated rings. The van der Waals surface area contributed by atoms with Crippen LogP contribution < -0.4 is 0 Å². The fourth-order valence-corrected chi connectivity index (χ4v) is 5.91. The molecule has 34 heavy (non-hydrogen) atoms. The maximum Gasteiger partial charge on any atom is 0.260 e. The van der Waals surface area contributed by atoms with Gasteiger partial charge in [0.25, 0.3) is 5.91 Å². The molecular weight excluding hydrogens is 475 g/mol. The summed E-state index contributed by atoms with van der Waals surface area (Å²) in [6.45, 7) is 2.93. The molecule has 2 aliphatic heterocycles. The van der Waals surface area contributed by atoms with E-state index in [9.17, 15) is 4.79 Å². The second-order valence-electron chi connectivity index (χ2n) is 9.12. The lowest BCUT2D eigenvalue weighted by molar-refractivity contribution is -0.149. The van der Waals surface area contributed by atoms with Crippen LogP contribution in [0.3, 0.4) is 0 Å². The Bertz CT molecular complexity index is 1160. The zero-order valence-corrected chi connectivity index (χ0v) is 20.7. The number of likely N-dealkylation sites (tertiary alicyclic amines) is 2. The molecule has 0 aliphatic carbocycles. The minimum Gasteiger partial charge on any atom is -0.340 e. The molecule has 10 heteroatoms. The Morgan fingerprint density at radius 3 is 2.62 bits per heavy atom. The van der Waals surface area contributed by atoms with E-state index in [4.69, 9.17) is 16.6 Å². The number of hydrogen-bond donors (Lipinski definition) is 0. The summed E-state index contributed by atoms with van der Waals surface area (Å²) in [5.41, 5.74) is 1.21. The number of halogens is 2. The highest BCUT2D eigenvalue weighted by Crippen LogP contribution is 2.35. The minimum atomic E-state index is -1.78. The third-order valence-electron chi connectivity index (χ3n) is 7.00. The predicted molar refractivity (Wildman–Crippen MR) is 132 cm³/mol. The summed E-state index contributed by atoms with van der Waals surface area (Å²) in [7, 11) is 0. The van der Waals surface area contributed by atoms with Gasteiger partial charge in [0.05, 0.1) is 17.2 Å². The van der Waals surface area contributed by atoms with E-state index in [1.54, 1.807) is 29.1 Å². The van der Waals surface area contributed by atoms with Gasteiger partial charge < -0.3 is 9.47 Å². The van der Waals surface area contributed by atoms with Crippen LogP contribution in [-0.4, -0.2) is 73.6 Å². The largest absolute Gasteiger partial charge is 0.340 e. The molecule has 1 aromatic carbocycles. The Labute approximate surface area is 207 Å². The van der Waals surface area contributed by atoms with Crippen LogP contribution >= 0.6 is 23.4 Å². The Balaban J connectivity index is 1.21. The van der Waals surface area contributed by atoms with E-state index in [0.29, 0.717) is 37.7 Å². The lowest BCUT2D eigenvalue weighted by atomic mass is 9.90. The Morgan fingerprint density at radius 2 is 1.94 bits per heavy atom. The van der Waals surface area contributed by atoms with Gasteiger partial charge in [-0.1, -0.05) is 23.4 Å². The quantitative estimate of drug-likeness (QED) is 0.483. The molecule has 2 aromatic heterocycles. The van der Waals surface area contributed by atoms with Crippen LogP contribution in [0.5, 0.6) is 0 Å². The van der Waals surface area contributed by atoms with Crippen molar-refractivity contribution in [2.24, 2.45) is 0 Å². The van der Waals surface area contributed by atoms with E-state index < -0.39 is 5.67 Å². The van der Waals surface area contributed by atoms with Crippen LogP contribution in [0.4, 0.5) is 4.39 Å². The van der Waals surface area contributed by atoms with Crippen molar-refractivity contribution in [3.05, 3.63) is 47.2 Å². The Hall–Kier alpha value is -2.23. The van der Waals surface area contributed by atoms with Gasteiger partial charge in [-0.2, -0.15) is 10.2 Å². The normalized spacial score (nSPS) is 19.6. The number of imidazole rings is 1. The first-order valence-corrected chi connectivity index (χ1v) is 13.2. The Morgan fingerprint density at radius 1 is 1.18 bits per heavy atom. The molecule has 7 nitrogen and oxygen atoms in total. The van der Waals surface area contributed by atoms with Crippen LogP contribution in [0, 0.1) is 0 Å². The van der Waals surface area contributed by atoms with Crippen molar-refractivity contribution in [1.82, 2.24) is 29.5 Å². The molecule has 0 unspecified atom stereocenters. The number of alkyl halides is 1. The molecular formula is C24H28ClFN6OS. The molecule has 2 aliphatic rings. The van der Waals surface area contributed by atoms with Gasteiger partial charge in [-0.05, 0) is 48.9 Å². The fourth-order valence-electron chi connectivity index (χ4n) is 5.11. The highest BCUT2D eigenvalue weighted by Gasteiger charge is 2.44. The molecule has 0 bridgehead atoms. The summed E-state index contributed by atoms with van der Waals surface area (Å²) in [6, 6.07) is 7.92. The first kappa shape index (κ1) is 23.5. The van der Waals surface area contributed by atoms with Crippen molar-refractivity contribution in [1.29, 1.82) is 0 Å². The number of hydrogen-bond acceptors (Lipinski definition) is 6. The SMILES string of the molecule is CSc1nc2cc(Cl)ccc2n1C1CCN(C(=O)C2(F)CCN(Cc3ccnnc3)CC2)CC1. The topological polar surface area (TPSA) is 67.2 Å². The number of amides is 1. The number of fused-ring (bicyclic) bond motifs is 1. The fraction of sp³-hybridized carbons (Fsp3) is 0.500. The summed E-state index contributed by atoms with van der Waals surface area (Å²) in [4.78, 5) is 21.8. The molecule has 2 saturated heterocycles. The number of nitrogens with zero attached hydrogens (tertiary/aromatic N) is 6. The lowest BCUT2D eigenvalue weighted by Gasteiger charge is -2.40. The number of carbonyl (C=O) groups excluding carboxylic acids is 1. The summed E-state index contributed by atoms with van der Waals surface area (Å²) in [5.74, 6) is -0.344. The van der Waals surface area contributed by atoms with E-state index in [1.165, 1.54) is 0 Å². The van der Waals surface area contributed by atoms with Crippen molar-refractivity contribution < 1.29 is 9.18 Å². The zero-order chi connectivity index (χ0) is 23.7. The van der Waals surface area contributed by atoms with Gasteiger partial charge in [0.1, 0.15) is 0 Å². The smallest absolute Gasteiger partial charge is 0.260 e. The summed E-state index contributed by atoms with van der Waals surface area (Å²) >= 11 is 7.76. The van der Waals surface area contributed by atoms with Crippen molar-refractivity contribution in [2.75, 3.05) is 32.4 Å². The van der Waals surface area contributed by atoms with E-state index in [0.717, 1.165) is 34.6 Å². The standard InChI is InChI=1S/C24H28ClFN6OS/c1-34-23-29-20-14-18(25)2-3-21(20)32(23)19-5-10-31(11-6-19)22(33)24(26)7-12-30(13-8-24)16-17-4-9-27-28-15-17/h2-4,9,14-15,19H,5-8,10-13,16H2,1H3. The summed E-state index contributed by atoms with van der Waals surface area (Å²) < 4.78 is 18.0. The third kappa shape index (κ3) is 4.65. The number of rotatable bonds is 5. The van der Waals surface area contributed by atoms with E-state index in [2.05, 4.69) is 19.7 Å². The number of carbonyl (C=O) groups is 1. The van der Waals surface area contributed by atoms with Gasteiger partial charge in [0, 0.05) is 62.8 Å². The average Bonchev–Trinajstić information content (AvgIpc) is 3.23. The van der Waals surface area contributed by atoms with E-state index >= 15 is 4.39 Å². The van der Waals surface area contributed by atoms with Crippen molar-refractivity contribution in [3.8, 4) is 0 Å². The summed E-state index contributed by atoms with van der Waals surface area (Å²) in [6.07, 6.45) is 7.43. The predicted octanol–water partition coefficient (Wildman–Crippen LogP) is 4.37. The molecule has 4 heterocycles. The van der Waals surface area contributed by atoms with Crippen molar-refractivity contribution in [3.63, 3.8) is 0 Å². The van der Waals surface area contributed by atoms with Crippen LogP contribution in [0.15, 0.2) is 41.8 Å². The second-order valence-corrected chi connectivity index (χ2v) is 10.3. The minimum absolute atomic E-state index is 0.226. The molecule has 0 N–H and O–H groups in total. The third-order valence-corrected chi connectivity index (χ3v) is 7.89. The number of piperidine rings is 2. The summed E-state index contributed by atoms with van der Waals surface area (Å²) in [5, 5.41) is 9.31. The van der Waals surface area contributed by atoms with Gasteiger partial charge in [-0.3, -0.25) is 9.69 Å². The molecule has 5 rings (SSSR count). The molecule has 0 saturated carbocycles. The molecule has 0 radical (unpaired) electrons. The highest BCUT2D eigenvalue weighted by molar-refractivity contribution is 7.98. The number of thioether (sulfide) groups is 1. The molecule has 180 valence electrons. The molecule has 3 aromatic rings. The van der Waals surface area contributed by atoms with Crippen molar-refractivity contribution in [2.45, 2.75) is 49.1 Å². The highest BCUT2D eigenvalue weighted by atomic mass is 35.5. The molecule has 0 spiro atoms. The van der Waals surface area contributed by atoms with Gasteiger partial charge >= 0.3 is 0 Å². The first-order chi connectivity index (χ1) is 16.5. The van der Waals surface area contributed by atoms with Gasteiger partial charge in [-0.25, -0.2) is 9.37 Å². The van der Waals surface area contributed by atoms with Crippen LogP contribution in [0.2, 0.25) is 5.02 Å².